The first-order valence-corrected chi connectivity index (χ1v) is 6.74. The van der Waals surface area contributed by atoms with E-state index in [0.717, 1.165) is 15.6 Å². The van der Waals surface area contributed by atoms with Gasteiger partial charge in [0.1, 0.15) is 5.52 Å². The zero-order valence-corrected chi connectivity index (χ0v) is 12.1. The van der Waals surface area contributed by atoms with Crippen molar-refractivity contribution in [3.63, 3.8) is 0 Å². The normalized spacial score (nSPS) is 10.9. The minimum absolute atomic E-state index is 0.183. The van der Waals surface area contributed by atoms with Crippen molar-refractivity contribution in [3.8, 4) is 11.5 Å². The van der Waals surface area contributed by atoms with E-state index in [-0.39, 0.29) is 5.56 Å². The van der Waals surface area contributed by atoms with Crippen LogP contribution in [0.25, 0.3) is 22.6 Å². The molecule has 20 heavy (non-hydrogen) atoms. The number of nitrogens with zero attached hydrogens (tertiary/aromatic N) is 1. The fraction of sp³-hybridized carbons (Fsp3) is 0.0667. The number of hydrogen-bond donors (Lipinski definition) is 1. The lowest BCUT2D eigenvalue weighted by Gasteiger charge is -2.00. The van der Waals surface area contributed by atoms with Crippen molar-refractivity contribution in [2.45, 2.75) is 6.92 Å². The minimum atomic E-state index is -0.985. The van der Waals surface area contributed by atoms with Gasteiger partial charge in [-0.1, -0.05) is 6.07 Å². The van der Waals surface area contributed by atoms with Crippen molar-refractivity contribution < 1.29 is 14.3 Å². The van der Waals surface area contributed by atoms with Crippen LogP contribution < -0.4 is 0 Å². The van der Waals surface area contributed by atoms with Gasteiger partial charge in [-0.3, -0.25) is 0 Å². The molecule has 1 N–H and O–H groups in total. The van der Waals surface area contributed by atoms with Gasteiger partial charge >= 0.3 is 5.97 Å². The van der Waals surface area contributed by atoms with Crippen molar-refractivity contribution in [3.05, 3.63) is 52.0 Å². The first-order valence-electron chi connectivity index (χ1n) is 5.95. The number of carboxylic acid groups (broad SMARTS) is 1. The molecule has 0 aliphatic heterocycles. The first kappa shape index (κ1) is 12.9. The molecule has 0 spiro atoms. The molecule has 0 bridgehead atoms. The maximum Gasteiger partial charge on any atom is 0.335 e. The van der Waals surface area contributed by atoms with Crippen molar-refractivity contribution in [2.75, 3.05) is 0 Å². The summed E-state index contributed by atoms with van der Waals surface area (Å²) < 4.78 is 6.55. The third-order valence-electron chi connectivity index (χ3n) is 2.99. The molecule has 4 nitrogen and oxygen atoms in total. The molecule has 1 aromatic heterocycles. The van der Waals surface area contributed by atoms with Crippen LogP contribution in [0.15, 0.2) is 45.3 Å². The van der Waals surface area contributed by atoms with Gasteiger partial charge in [0.2, 0.25) is 5.89 Å². The topological polar surface area (TPSA) is 63.3 Å². The van der Waals surface area contributed by atoms with Gasteiger partial charge in [-0.05, 0) is 58.7 Å². The predicted octanol–water partition coefficient (Wildman–Crippen LogP) is 4.26. The van der Waals surface area contributed by atoms with Gasteiger partial charge in [0, 0.05) is 4.47 Å². The summed E-state index contributed by atoms with van der Waals surface area (Å²) >= 11 is 3.48. The van der Waals surface area contributed by atoms with E-state index in [1.54, 1.807) is 6.07 Å². The Morgan fingerprint density at radius 1 is 1.25 bits per heavy atom. The standard InChI is InChI=1S/C15H10BrNO3/c1-8-2-4-10(11(16)6-8)14-17-12-5-3-9(15(18)19)7-13(12)20-14/h2-7H,1H3,(H,18,19). The quantitative estimate of drug-likeness (QED) is 0.761. The lowest BCUT2D eigenvalue weighted by Crippen LogP contribution is -1.94. The van der Waals surface area contributed by atoms with E-state index in [0.29, 0.717) is 17.0 Å². The van der Waals surface area contributed by atoms with Gasteiger partial charge < -0.3 is 9.52 Å². The molecule has 3 aromatic rings. The first-order chi connectivity index (χ1) is 9.54. The molecular weight excluding hydrogens is 322 g/mol. The zero-order chi connectivity index (χ0) is 14.3. The molecule has 0 saturated heterocycles. The average Bonchev–Trinajstić information content (AvgIpc) is 2.80. The third kappa shape index (κ3) is 2.20. The van der Waals surface area contributed by atoms with E-state index >= 15 is 0 Å². The Morgan fingerprint density at radius 3 is 2.75 bits per heavy atom. The number of aromatic carboxylic acids is 1. The van der Waals surface area contributed by atoms with Crippen LogP contribution in [0.5, 0.6) is 0 Å². The summed E-state index contributed by atoms with van der Waals surface area (Å²) in [4.78, 5) is 15.3. The molecule has 0 aliphatic carbocycles. The summed E-state index contributed by atoms with van der Waals surface area (Å²) in [6, 6.07) is 10.5. The second-order valence-electron chi connectivity index (χ2n) is 4.49. The van der Waals surface area contributed by atoms with E-state index in [1.807, 2.05) is 25.1 Å². The van der Waals surface area contributed by atoms with Gasteiger partial charge in [0.05, 0.1) is 11.1 Å². The van der Waals surface area contributed by atoms with Crippen molar-refractivity contribution >= 4 is 33.0 Å². The molecular formula is C15H10BrNO3. The number of aromatic nitrogens is 1. The average molecular weight is 332 g/mol. The Bertz CT molecular complexity index is 823. The Kier molecular flexibility index (Phi) is 3.06. The highest BCUT2D eigenvalue weighted by molar-refractivity contribution is 9.10. The van der Waals surface area contributed by atoms with E-state index < -0.39 is 5.97 Å². The summed E-state index contributed by atoms with van der Waals surface area (Å²) in [6.07, 6.45) is 0. The summed E-state index contributed by atoms with van der Waals surface area (Å²) in [7, 11) is 0. The Labute approximate surface area is 123 Å². The largest absolute Gasteiger partial charge is 0.478 e. The highest BCUT2D eigenvalue weighted by atomic mass is 79.9. The maximum atomic E-state index is 10.9. The fourth-order valence-electron chi connectivity index (χ4n) is 1.97. The van der Waals surface area contributed by atoms with Crippen LogP contribution in [0.4, 0.5) is 0 Å². The Hall–Kier alpha value is -2.14. The zero-order valence-electron chi connectivity index (χ0n) is 10.6. The summed E-state index contributed by atoms with van der Waals surface area (Å²) in [5, 5.41) is 8.97. The number of fused-ring (bicyclic) bond motifs is 1. The van der Waals surface area contributed by atoms with Gasteiger partial charge in [-0.25, -0.2) is 9.78 Å². The number of hydrogen-bond acceptors (Lipinski definition) is 3. The lowest BCUT2D eigenvalue weighted by molar-refractivity contribution is 0.0697. The smallest absolute Gasteiger partial charge is 0.335 e. The molecule has 0 amide bonds. The minimum Gasteiger partial charge on any atom is -0.478 e. The van der Waals surface area contributed by atoms with Crippen LogP contribution in [0, 0.1) is 6.92 Å². The highest BCUT2D eigenvalue weighted by Gasteiger charge is 2.13. The molecule has 0 fully saturated rings. The highest BCUT2D eigenvalue weighted by Crippen LogP contribution is 2.31. The summed E-state index contributed by atoms with van der Waals surface area (Å²) in [5.74, 6) is -0.518. The monoisotopic (exact) mass is 331 g/mol. The summed E-state index contributed by atoms with van der Waals surface area (Å²) in [5.41, 5.74) is 3.25. The predicted molar refractivity (Wildman–Crippen MR) is 78.8 cm³/mol. The van der Waals surface area contributed by atoms with Gasteiger partial charge in [-0.15, -0.1) is 0 Å². The van der Waals surface area contributed by atoms with E-state index in [9.17, 15) is 4.79 Å². The number of aryl methyl sites for hydroxylation is 1. The molecule has 5 heteroatoms. The number of carbonyl (C=O) groups is 1. The molecule has 1 heterocycles. The van der Waals surface area contributed by atoms with E-state index in [4.69, 9.17) is 9.52 Å². The lowest BCUT2D eigenvalue weighted by atomic mass is 10.1. The van der Waals surface area contributed by atoms with Crippen molar-refractivity contribution in [1.82, 2.24) is 4.98 Å². The van der Waals surface area contributed by atoms with Crippen LogP contribution >= 0.6 is 15.9 Å². The molecule has 0 radical (unpaired) electrons. The Morgan fingerprint density at radius 2 is 2.05 bits per heavy atom. The number of benzene rings is 2. The molecule has 0 atom stereocenters. The van der Waals surface area contributed by atoms with Gasteiger partial charge in [-0.2, -0.15) is 0 Å². The number of halogens is 1. The SMILES string of the molecule is Cc1ccc(-c2nc3ccc(C(=O)O)cc3o2)c(Br)c1. The number of rotatable bonds is 2. The molecule has 3 rings (SSSR count). The van der Waals surface area contributed by atoms with Crippen LogP contribution in [0.1, 0.15) is 15.9 Å². The number of oxazole rings is 1. The second-order valence-corrected chi connectivity index (χ2v) is 5.34. The molecule has 0 unspecified atom stereocenters. The third-order valence-corrected chi connectivity index (χ3v) is 3.65. The maximum absolute atomic E-state index is 10.9. The molecule has 100 valence electrons. The van der Waals surface area contributed by atoms with Crippen molar-refractivity contribution in [1.29, 1.82) is 0 Å². The van der Waals surface area contributed by atoms with E-state index in [1.165, 1.54) is 12.1 Å². The molecule has 0 saturated carbocycles. The molecule has 2 aromatic carbocycles. The van der Waals surface area contributed by atoms with Crippen molar-refractivity contribution in [2.24, 2.45) is 0 Å². The fourth-order valence-corrected chi connectivity index (χ4v) is 2.63. The van der Waals surface area contributed by atoms with Crippen LogP contribution in [-0.2, 0) is 0 Å². The Balaban J connectivity index is 2.15. The van der Waals surface area contributed by atoms with E-state index in [2.05, 4.69) is 20.9 Å². The van der Waals surface area contributed by atoms with Crippen LogP contribution in [0.2, 0.25) is 0 Å². The second kappa shape index (κ2) is 4.76. The summed E-state index contributed by atoms with van der Waals surface area (Å²) in [6.45, 7) is 2.00. The van der Waals surface area contributed by atoms with Gasteiger partial charge in [0.25, 0.3) is 0 Å². The molecule has 0 aliphatic rings. The number of carboxylic acids is 1. The van der Waals surface area contributed by atoms with Crippen LogP contribution in [0.3, 0.4) is 0 Å². The van der Waals surface area contributed by atoms with Crippen LogP contribution in [-0.4, -0.2) is 16.1 Å². The van der Waals surface area contributed by atoms with Gasteiger partial charge in [0.15, 0.2) is 5.58 Å².